The molecule has 0 fully saturated rings. The fourth-order valence-corrected chi connectivity index (χ4v) is 1.96. The molecular weight excluding hydrogens is 274 g/mol. The molecule has 0 aliphatic rings. The summed E-state index contributed by atoms with van der Waals surface area (Å²) in [6, 6.07) is 5.92. The van der Waals surface area contributed by atoms with Gasteiger partial charge in [0.1, 0.15) is 6.67 Å². The van der Waals surface area contributed by atoms with E-state index in [1.54, 1.807) is 12.1 Å². The summed E-state index contributed by atoms with van der Waals surface area (Å²) in [6.45, 7) is -1.27. The van der Waals surface area contributed by atoms with Crippen LogP contribution in [0.25, 0.3) is 0 Å². The molecule has 0 bridgehead atoms. The van der Waals surface area contributed by atoms with Crippen LogP contribution in [0.1, 0.15) is 0 Å². The molecule has 1 aromatic rings. The van der Waals surface area contributed by atoms with Crippen LogP contribution in [0, 0.1) is 0 Å². The van der Waals surface area contributed by atoms with E-state index in [2.05, 4.69) is 20.1 Å². The Bertz CT molecular complexity index is 388. The quantitative estimate of drug-likeness (QED) is 0.794. The molecule has 78 valence electrons. The Labute approximate surface area is 90.1 Å². The highest BCUT2D eigenvalue weighted by Crippen LogP contribution is 2.16. The molecule has 0 spiro atoms. The van der Waals surface area contributed by atoms with E-state index in [-0.39, 0.29) is 4.90 Å². The molecule has 3 nitrogen and oxygen atoms in total. The van der Waals surface area contributed by atoms with Gasteiger partial charge in [-0.2, -0.15) is 8.42 Å². The summed E-state index contributed by atoms with van der Waals surface area (Å²) < 4.78 is 39.5. The third-order valence-electron chi connectivity index (χ3n) is 1.42. The highest BCUT2D eigenvalue weighted by atomic mass is 79.9. The Hall–Kier alpha value is -0.460. The highest BCUT2D eigenvalue weighted by molar-refractivity contribution is 9.10. The monoisotopic (exact) mass is 281 g/mol. The molecule has 6 heteroatoms. The van der Waals surface area contributed by atoms with Crippen molar-refractivity contribution in [2.45, 2.75) is 4.90 Å². The zero-order valence-electron chi connectivity index (χ0n) is 7.11. The fraction of sp³-hybridized carbons (Fsp3) is 0.250. The van der Waals surface area contributed by atoms with E-state index in [0.717, 1.165) is 4.47 Å². The molecule has 0 aliphatic carbocycles. The normalized spacial score (nSPS) is 11.6. The topological polar surface area (TPSA) is 43.4 Å². The van der Waals surface area contributed by atoms with Gasteiger partial charge in [0.05, 0.1) is 11.5 Å². The third-order valence-corrected chi connectivity index (χ3v) is 3.27. The summed E-state index contributed by atoms with van der Waals surface area (Å²) in [5, 5.41) is 0. The molecule has 0 aromatic heterocycles. The molecule has 1 aromatic carbocycles. The minimum absolute atomic E-state index is 0.0224. The molecule has 0 aliphatic heterocycles. The van der Waals surface area contributed by atoms with Crippen molar-refractivity contribution in [1.82, 2.24) is 0 Å². The molecule has 0 saturated carbocycles. The zero-order chi connectivity index (χ0) is 10.6. The Morgan fingerprint density at radius 1 is 1.29 bits per heavy atom. The molecule has 0 radical (unpaired) electrons. The van der Waals surface area contributed by atoms with Crippen molar-refractivity contribution in [3.05, 3.63) is 28.7 Å². The fourth-order valence-electron chi connectivity index (χ4n) is 0.811. The van der Waals surface area contributed by atoms with Crippen LogP contribution in [0.3, 0.4) is 0 Å². The second-order valence-corrected chi connectivity index (χ2v) is 4.95. The molecule has 0 N–H and O–H groups in total. The summed E-state index contributed by atoms with van der Waals surface area (Å²) in [6.07, 6.45) is 0. The van der Waals surface area contributed by atoms with Crippen LogP contribution in [-0.2, 0) is 14.3 Å². The minimum atomic E-state index is -3.80. The third kappa shape index (κ3) is 3.04. The maximum absolute atomic E-state index is 11.7. The first-order chi connectivity index (χ1) is 6.56. The lowest BCUT2D eigenvalue weighted by Gasteiger charge is -2.03. The van der Waals surface area contributed by atoms with Gasteiger partial charge in [-0.3, -0.25) is 4.18 Å². The number of alkyl halides is 1. The van der Waals surface area contributed by atoms with Crippen LogP contribution in [0.2, 0.25) is 0 Å². The van der Waals surface area contributed by atoms with Gasteiger partial charge in [-0.25, -0.2) is 4.39 Å². The second-order valence-electron chi connectivity index (χ2n) is 2.42. The van der Waals surface area contributed by atoms with Crippen LogP contribution >= 0.6 is 15.9 Å². The zero-order valence-corrected chi connectivity index (χ0v) is 9.52. The van der Waals surface area contributed by atoms with Crippen LogP contribution < -0.4 is 0 Å². The minimum Gasteiger partial charge on any atom is -0.264 e. The van der Waals surface area contributed by atoms with E-state index in [0.29, 0.717) is 0 Å². The van der Waals surface area contributed by atoms with E-state index >= 15 is 0 Å². The highest BCUT2D eigenvalue weighted by Gasteiger charge is 2.13. The van der Waals surface area contributed by atoms with Gasteiger partial charge in [-0.15, -0.1) is 0 Å². The first-order valence-corrected chi connectivity index (χ1v) is 5.97. The van der Waals surface area contributed by atoms with Gasteiger partial charge in [0.2, 0.25) is 0 Å². The van der Waals surface area contributed by atoms with E-state index in [4.69, 9.17) is 0 Å². The number of halogens is 2. The van der Waals surface area contributed by atoms with E-state index < -0.39 is 23.4 Å². The molecule has 0 amide bonds. The predicted octanol–water partition coefficient (Wildman–Crippen LogP) is 2.12. The van der Waals surface area contributed by atoms with E-state index in [9.17, 15) is 12.8 Å². The maximum atomic E-state index is 11.7. The lowest BCUT2D eigenvalue weighted by atomic mass is 10.4. The Kier molecular flexibility index (Phi) is 4.03. The predicted molar refractivity (Wildman–Crippen MR) is 53.3 cm³/mol. The van der Waals surface area contributed by atoms with Crippen molar-refractivity contribution in [2.75, 3.05) is 13.3 Å². The van der Waals surface area contributed by atoms with Gasteiger partial charge in [0.15, 0.2) is 0 Å². The lowest BCUT2D eigenvalue weighted by molar-refractivity contribution is 0.277. The van der Waals surface area contributed by atoms with Gasteiger partial charge < -0.3 is 0 Å². The molecule has 0 atom stereocenters. The van der Waals surface area contributed by atoms with Crippen LogP contribution in [0.5, 0.6) is 0 Å². The first kappa shape index (κ1) is 11.6. The van der Waals surface area contributed by atoms with Crippen molar-refractivity contribution in [2.24, 2.45) is 0 Å². The van der Waals surface area contributed by atoms with Crippen LogP contribution in [0.4, 0.5) is 4.39 Å². The molecule has 0 heterocycles. The smallest absolute Gasteiger partial charge is 0.264 e. The Balaban J connectivity index is 2.87. The SMILES string of the molecule is O=S(=O)(OCC[18F])c1ccc(Br)cc1. The van der Waals surface area contributed by atoms with Crippen molar-refractivity contribution >= 4 is 26.0 Å². The number of rotatable bonds is 4. The van der Waals surface area contributed by atoms with Crippen molar-refractivity contribution in [3.63, 3.8) is 0 Å². The molecule has 1 rings (SSSR count). The largest absolute Gasteiger partial charge is 0.297 e. The standard InChI is InChI=1S/C8H8BrFO3S/c9-7-1-3-8(4-2-7)14(11,12)13-6-5-10/h1-4H,5-6H2/i10-1. The van der Waals surface area contributed by atoms with Gasteiger partial charge in [-0.05, 0) is 24.3 Å². The van der Waals surface area contributed by atoms with Crippen LogP contribution in [-0.4, -0.2) is 21.7 Å². The number of hydrogen-bond donors (Lipinski definition) is 0. The second kappa shape index (κ2) is 4.86. The van der Waals surface area contributed by atoms with Gasteiger partial charge >= 0.3 is 0 Å². The summed E-state index contributed by atoms with van der Waals surface area (Å²) >= 11 is 3.17. The summed E-state index contributed by atoms with van der Waals surface area (Å²) in [5.74, 6) is 0. The molecule has 14 heavy (non-hydrogen) atoms. The van der Waals surface area contributed by atoms with Crippen LogP contribution in [0.15, 0.2) is 33.6 Å². The Morgan fingerprint density at radius 3 is 2.36 bits per heavy atom. The summed E-state index contributed by atoms with van der Waals surface area (Å²) in [7, 11) is -3.80. The first-order valence-electron chi connectivity index (χ1n) is 3.77. The average Bonchev–Trinajstić information content (AvgIpc) is 2.16. The lowest BCUT2D eigenvalue weighted by Crippen LogP contribution is -2.08. The molecule has 0 unspecified atom stereocenters. The molecule has 0 saturated heterocycles. The van der Waals surface area contributed by atoms with Gasteiger partial charge in [0.25, 0.3) is 10.1 Å². The number of hydrogen-bond acceptors (Lipinski definition) is 3. The maximum Gasteiger partial charge on any atom is 0.297 e. The van der Waals surface area contributed by atoms with Gasteiger partial charge in [0, 0.05) is 4.47 Å². The van der Waals surface area contributed by atoms with E-state index in [1.165, 1.54) is 12.1 Å². The summed E-state index contributed by atoms with van der Waals surface area (Å²) in [5.41, 5.74) is 0. The van der Waals surface area contributed by atoms with Crippen molar-refractivity contribution in [3.8, 4) is 0 Å². The van der Waals surface area contributed by atoms with Gasteiger partial charge in [-0.1, -0.05) is 15.9 Å². The number of benzene rings is 1. The van der Waals surface area contributed by atoms with E-state index in [1.807, 2.05) is 0 Å². The van der Waals surface area contributed by atoms with Crippen molar-refractivity contribution in [1.29, 1.82) is 0 Å². The Morgan fingerprint density at radius 2 is 1.86 bits per heavy atom. The summed E-state index contributed by atoms with van der Waals surface area (Å²) in [4.78, 5) is 0.0224. The average molecular weight is 282 g/mol. The van der Waals surface area contributed by atoms with Crippen molar-refractivity contribution < 1.29 is 17.0 Å². The molecular formula is C8H8BrFO3S.